The summed E-state index contributed by atoms with van der Waals surface area (Å²) in [6.07, 6.45) is 1.78. The van der Waals surface area contributed by atoms with Crippen LogP contribution in [0.15, 0.2) is 12.2 Å². The van der Waals surface area contributed by atoms with E-state index in [1.165, 1.54) is 19.3 Å². The Morgan fingerprint density at radius 2 is 1.74 bits per heavy atom. The molecule has 8 nitrogen and oxygen atoms in total. The molecular weight excluding hydrogens is 254 g/mol. The van der Waals surface area contributed by atoms with E-state index in [0.717, 1.165) is 4.90 Å². The van der Waals surface area contributed by atoms with Gasteiger partial charge in [-0.3, -0.25) is 19.3 Å². The third-order valence-corrected chi connectivity index (χ3v) is 2.36. The highest BCUT2D eigenvalue weighted by Gasteiger charge is 2.23. The van der Waals surface area contributed by atoms with Crippen LogP contribution in [0.5, 0.6) is 0 Å². The zero-order valence-corrected chi connectivity index (χ0v) is 10.5. The normalized spacial score (nSPS) is 13.6. The summed E-state index contributed by atoms with van der Waals surface area (Å²) in [7, 11) is 1.24. The van der Waals surface area contributed by atoms with Crippen LogP contribution in [0.4, 0.5) is 4.79 Å². The quantitative estimate of drug-likeness (QED) is 0.464. The van der Waals surface area contributed by atoms with Gasteiger partial charge in [-0.2, -0.15) is 0 Å². The topological polar surface area (TPSA) is 105 Å². The van der Waals surface area contributed by atoms with Crippen LogP contribution in [0.3, 0.4) is 0 Å². The number of hydrogen-bond acceptors (Lipinski definition) is 5. The van der Waals surface area contributed by atoms with Crippen molar-refractivity contribution in [3.8, 4) is 0 Å². The second kappa shape index (κ2) is 7.14. The van der Waals surface area contributed by atoms with Gasteiger partial charge in [0.1, 0.15) is 0 Å². The Hall–Kier alpha value is -2.38. The lowest BCUT2D eigenvalue weighted by Gasteiger charge is -2.13. The maximum Gasteiger partial charge on any atom is 0.406 e. The first-order chi connectivity index (χ1) is 9.04. The first-order valence-corrected chi connectivity index (χ1v) is 5.66. The minimum atomic E-state index is -0.575. The number of alkyl carbamates (subject to hydrolysis) is 1. The van der Waals surface area contributed by atoms with Crippen LogP contribution in [0.25, 0.3) is 0 Å². The van der Waals surface area contributed by atoms with Crippen molar-refractivity contribution in [1.82, 2.24) is 15.5 Å². The van der Waals surface area contributed by atoms with Crippen LogP contribution in [-0.2, 0) is 19.1 Å². The molecule has 8 heteroatoms. The van der Waals surface area contributed by atoms with Gasteiger partial charge in [-0.1, -0.05) is 0 Å². The number of imide groups is 1. The summed E-state index contributed by atoms with van der Waals surface area (Å²) in [6, 6.07) is 0. The van der Waals surface area contributed by atoms with Gasteiger partial charge in [0.15, 0.2) is 0 Å². The first kappa shape index (κ1) is 14.7. The molecule has 0 fully saturated rings. The summed E-state index contributed by atoms with van der Waals surface area (Å²) in [4.78, 5) is 45.5. The van der Waals surface area contributed by atoms with Crippen LogP contribution in [-0.4, -0.2) is 55.5 Å². The minimum absolute atomic E-state index is 0.0252. The van der Waals surface area contributed by atoms with Gasteiger partial charge in [0.2, 0.25) is 5.91 Å². The number of ether oxygens (including phenoxy) is 1. The van der Waals surface area contributed by atoms with E-state index < -0.39 is 17.9 Å². The molecule has 0 aromatic heterocycles. The average Bonchev–Trinajstić information content (AvgIpc) is 2.71. The van der Waals surface area contributed by atoms with E-state index in [1.54, 1.807) is 0 Å². The van der Waals surface area contributed by atoms with E-state index in [2.05, 4.69) is 15.4 Å². The summed E-state index contributed by atoms with van der Waals surface area (Å²) in [5.74, 6) is -1.13. The Labute approximate surface area is 109 Å². The molecule has 0 saturated carbocycles. The van der Waals surface area contributed by atoms with E-state index in [-0.39, 0.29) is 32.0 Å². The fourth-order valence-electron chi connectivity index (χ4n) is 1.39. The first-order valence-electron chi connectivity index (χ1n) is 5.66. The Kier molecular flexibility index (Phi) is 5.52. The van der Waals surface area contributed by atoms with E-state index in [0.29, 0.717) is 0 Å². The Morgan fingerprint density at radius 1 is 1.16 bits per heavy atom. The van der Waals surface area contributed by atoms with Gasteiger partial charge >= 0.3 is 6.09 Å². The Bertz CT molecular complexity index is 401. The maximum atomic E-state index is 11.4. The van der Waals surface area contributed by atoms with Gasteiger partial charge in [0.25, 0.3) is 11.8 Å². The molecule has 2 N–H and O–H groups in total. The lowest BCUT2D eigenvalue weighted by Crippen LogP contribution is -2.37. The van der Waals surface area contributed by atoms with Gasteiger partial charge in [-0.25, -0.2) is 4.79 Å². The molecule has 0 unspecified atom stereocenters. The molecule has 0 aromatic rings. The number of carbonyl (C=O) groups excluding carboxylic acids is 4. The Balaban J connectivity index is 2.13. The molecule has 0 aromatic carbocycles. The fourth-order valence-corrected chi connectivity index (χ4v) is 1.39. The lowest BCUT2D eigenvalue weighted by atomic mass is 10.3. The molecule has 0 aliphatic carbocycles. The number of rotatable bonds is 6. The average molecular weight is 269 g/mol. The van der Waals surface area contributed by atoms with Crippen molar-refractivity contribution in [2.75, 3.05) is 26.7 Å². The molecule has 1 aliphatic rings. The summed E-state index contributed by atoms with van der Waals surface area (Å²) in [5, 5.41) is 4.93. The van der Waals surface area contributed by atoms with Crippen LogP contribution in [0.2, 0.25) is 0 Å². The van der Waals surface area contributed by atoms with Crippen LogP contribution >= 0.6 is 0 Å². The predicted octanol–water partition coefficient (Wildman–Crippen LogP) is -1.23. The standard InChI is InChI=1S/C11H15N3O5/c1-19-11(18)13-6-5-12-8(15)4-7-14-9(16)2-3-10(14)17/h2-3H,4-7H2,1H3,(H,12,15)(H,13,18). The second-order valence-corrected chi connectivity index (χ2v) is 3.68. The summed E-state index contributed by atoms with van der Waals surface area (Å²) in [6.45, 7) is 0.524. The highest BCUT2D eigenvalue weighted by Crippen LogP contribution is 2.03. The van der Waals surface area contributed by atoms with Gasteiger partial charge in [0, 0.05) is 38.2 Å². The van der Waals surface area contributed by atoms with E-state index >= 15 is 0 Å². The monoisotopic (exact) mass is 269 g/mol. The van der Waals surface area contributed by atoms with Crippen molar-refractivity contribution >= 4 is 23.8 Å². The van der Waals surface area contributed by atoms with E-state index in [4.69, 9.17) is 0 Å². The molecule has 4 amide bonds. The molecule has 0 atom stereocenters. The Morgan fingerprint density at radius 3 is 2.32 bits per heavy atom. The highest BCUT2D eigenvalue weighted by atomic mass is 16.5. The van der Waals surface area contributed by atoms with Crippen LogP contribution in [0, 0.1) is 0 Å². The summed E-state index contributed by atoms with van der Waals surface area (Å²) in [5.41, 5.74) is 0. The number of carbonyl (C=O) groups is 4. The van der Waals surface area contributed by atoms with Crippen LogP contribution in [0.1, 0.15) is 6.42 Å². The highest BCUT2D eigenvalue weighted by molar-refractivity contribution is 6.13. The van der Waals surface area contributed by atoms with Crippen molar-refractivity contribution in [3.05, 3.63) is 12.2 Å². The lowest BCUT2D eigenvalue weighted by molar-refractivity contribution is -0.137. The SMILES string of the molecule is COC(=O)NCCNC(=O)CCN1C(=O)C=CC1=O. The molecule has 0 radical (unpaired) electrons. The van der Waals surface area contributed by atoms with Crippen molar-refractivity contribution < 1.29 is 23.9 Å². The molecule has 19 heavy (non-hydrogen) atoms. The number of nitrogens with zero attached hydrogens (tertiary/aromatic N) is 1. The number of methoxy groups -OCH3 is 1. The molecule has 0 bridgehead atoms. The van der Waals surface area contributed by atoms with Gasteiger partial charge < -0.3 is 15.4 Å². The third kappa shape index (κ3) is 4.78. The number of amides is 4. The number of nitrogens with one attached hydrogen (secondary N) is 2. The summed E-state index contributed by atoms with van der Waals surface area (Å²) < 4.78 is 4.34. The predicted molar refractivity (Wildman–Crippen MR) is 63.9 cm³/mol. The molecule has 1 rings (SSSR count). The van der Waals surface area contributed by atoms with Gasteiger partial charge in [-0.15, -0.1) is 0 Å². The van der Waals surface area contributed by atoms with Crippen molar-refractivity contribution in [2.45, 2.75) is 6.42 Å². The van der Waals surface area contributed by atoms with Crippen molar-refractivity contribution in [2.24, 2.45) is 0 Å². The fraction of sp³-hybridized carbons (Fsp3) is 0.455. The number of hydrogen-bond donors (Lipinski definition) is 2. The molecule has 104 valence electrons. The second-order valence-electron chi connectivity index (χ2n) is 3.68. The maximum absolute atomic E-state index is 11.4. The molecule has 0 saturated heterocycles. The molecular formula is C11H15N3O5. The molecule has 1 aliphatic heterocycles. The van der Waals surface area contributed by atoms with Crippen molar-refractivity contribution in [3.63, 3.8) is 0 Å². The zero-order chi connectivity index (χ0) is 14.3. The van der Waals surface area contributed by atoms with Crippen molar-refractivity contribution in [1.29, 1.82) is 0 Å². The van der Waals surface area contributed by atoms with Gasteiger partial charge in [0.05, 0.1) is 7.11 Å². The smallest absolute Gasteiger partial charge is 0.406 e. The summed E-state index contributed by atoms with van der Waals surface area (Å²) >= 11 is 0. The van der Waals surface area contributed by atoms with Crippen LogP contribution < -0.4 is 10.6 Å². The van der Waals surface area contributed by atoms with E-state index in [1.807, 2.05) is 0 Å². The van der Waals surface area contributed by atoms with E-state index in [9.17, 15) is 19.2 Å². The minimum Gasteiger partial charge on any atom is -0.453 e. The van der Waals surface area contributed by atoms with Gasteiger partial charge in [-0.05, 0) is 0 Å². The molecule has 1 heterocycles. The molecule has 0 spiro atoms. The zero-order valence-electron chi connectivity index (χ0n) is 10.5. The largest absolute Gasteiger partial charge is 0.453 e. The third-order valence-electron chi connectivity index (χ3n) is 2.36.